The average Bonchev–Trinajstić information content (AvgIpc) is 2.77. The quantitative estimate of drug-likeness (QED) is 0.671. The average molecular weight is 381 g/mol. The minimum atomic E-state index is 0.0681. The Morgan fingerprint density at radius 1 is 0.964 bits per heavy atom. The molecule has 148 valence electrons. The van der Waals surface area contributed by atoms with Crippen LogP contribution in [-0.4, -0.2) is 38.1 Å². The van der Waals surface area contributed by atoms with Gasteiger partial charge in [0.25, 0.3) is 0 Å². The number of benzene rings is 2. The Balaban J connectivity index is 1.62. The van der Waals surface area contributed by atoms with Crippen molar-refractivity contribution in [1.29, 1.82) is 0 Å². The summed E-state index contributed by atoms with van der Waals surface area (Å²) in [7, 11) is 3.26. The summed E-state index contributed by atoms with van der Waals surface area (Å²) in [5.41, 5.74) is 1.94. The van der Waals surface area contributed by atoms with E-state index in [1.165, 1.54) is 6.42 Å². The van der Waals surface area contributed by atoms with Gasteiger partial charge in [0.05, 0.1) is 14.2 Å². The van der Waals surface area contributed by atoms with Gasteiger partial charge in [0, 0.05) is 19.2 Å². The molecule has 0 aliphatic carbocycles. The molecule has 1 heterocycles. The van der Waals surface area contributed by atoms with E-state index in [1.54, 1.807) is 20.3 Å². The van der Waals surface area contributed by atoms with E-state index in [-0.39, 0.29) is 5.91 Å². The standard InChI is InChI=1S/C23H27NO4/c1-26-20-10-6-19(7-11-20)17-28-21-12-8-18(16-22(21)27-2)9-13-23(25)24-14-4-3-5-15-24/h6-13,16H,3-5,14-15,17H2,1-2H3. The first-order valence-electron chi connectivity index (χ1n) is 9.60. The predicted octanol–water partition coefficient (Wildman–Crippen LogP) is 4.31. The molecule has 1 amide bonds. The van der Waals surface area contributed by atoms with Crippen molar-refractivity contribution in [2.24, 2.45) is 0 Å². The van der Waals surface area contributed by atoms with E-state index in [2.05, 4.69) is 0 Å². The lowest BCUT2D eigenvalue weighted by atomic mass is 10.1. The molecule has 3 rings (SSSR count). The number of nitrogens with zero attached hydrogens (tertiary/aromatic N) is 1. The van der Waals surface area contributed by atoms with Crippen molar-refractivity contribution in [1.82, 2.24) is 4.90 Å². The van der Waals surface area contributed by atoms with Gasteiger partial charge in [0.15, 0.2) is 11.5 Å². The highest BCUT2D eigenvalue weighted by atomic mass is 16.5. The largest absolute Gasteiger partial charge is 0.497 e. The summed E-state index contributed by atoms with van der Waals surface area (Å²) in [5, 5.41) is 0. The van der Waals surface area contributed by atoms with E-state index < -0.39 is 0 Å². The van der Waals surface area contributed by atoms with Crippen LogP contribution in [0.1, 0.15) is 30.4 Å². The molecule has 0 aromatic heterocycles. The number of carbonyl (C=O) groups is 1. The molecule has 0 spiro atoms. The third kappa shape index (κ3) is 5.28. The van der Waals surface area contributed by atoms with Crippen LogP contribution in [0.3, 0.4) is 0 Å². The van der Waals surface area contributed by atoms with Crippen LogP contribution in [0.4, 0.5) is 0 Å². The van der Waals surface area contributed by atoms with Crippen LogP contribution in [0.25, 0.3) is 6.08 Å². The number of rotatable bonds is 7. The number of hydrogen-bond acceptors (Lipinski definition) is 4. The summed E-state index contributed by atoms with van der Waals surface area (Å²) in [6.45, 7) is 2.14. The lowest BCUT2D eigenvalue weighted by molar-refractivity contribution is -0.126. The lowest BCUT2D eigenvalue weighted by Gasteiger charge is -2.25. The van der Waals surface area contributed by atoms with E-state index in [4.69, 9.17) is 14.2 Å². The summed E-state index contributed by atoms with van der Waals surface area (Å²) in [5.74, 6) is 2.19. The minimum Gasteiger partial charge on any atom is -0.497 e. The molecule has 0 atom stereocenters. The molecule has 0 radical (unpaired) electrons. The number of piperidine rings is 1. The van der Waals surface area contributed by atoms with Crippen molar-refractivity contribution in [3.05, 3.63) is 59.7 Å². The maximum atomic E-state index is 12.3. The zero-order valence-electron chi connectivity index (χ0n) is 16.5. The second-order valence-electron chi connectivity index (χ2n) is 6.77. The normalized spacial score (nSPS) is 14.1. The molecular weight excluding hydrogens is 354 g/mol. The second kappa shape index (κ2) is 9.83. The van der Waals surface area contributed by atoms with Crippen molar-refractivity contribution in [3.63, 3.8) is 0 Å². The van der Waals surface area contributed by atoms with Gasteiger partial charge < -0.3 is 19.1 Å². The third-order valence-electron chi connectivity index (χ3n) is 4.83. The highest BCUT2D eigenvalue weighted by molar-refractivity contribution is 5.91. The van der Waals surface area contributed by atoms with E-state index >= 15 is 0 Å². The summed E-state index contributed by atoms with van der Waals surface area (Å²) in [6.07, 6.45) is 6.86. The van der Waals surface area contributed by atoms with Gasteiger partial charge in [-0.3, -0.25) is 4.79 Å². The number of hydrogen-bond donors (Lipinski definition) is 0. The van der Waals surface area contributed by atoms with Crippen LogP contribution in [-0.2, 0) is 11.4 Å². The third-order valence-corrected chi connectivity index (χ3v) is 4.83. The van der Waals surface area contributed by atoms with Crippen molar-refractivity contribution in [2.75, 3.05) is 27.3 Å². The van der Waals surface area contributed by atoms with E-state index in [0.717, 1.165) is 42.8 Å². The molecule has 0 unspecified atom stereocenters. The van der Waals surface area contributed by atoms with Crippen molar-refractivity contribution >= 4 is 12.0 Å². The first-order chi connectivity index (χ1) is 13.7. The minimum absolute atomic E-state index is 0.0681. The molecule has 0 saturated carbocycles. The fourth-order valence-corrected chi connectivity index (χ4v) is 3.18. The molecular formula is C23H27NO4. The van der Waals surface area contributed by atoms with Gasteiger partial charge in [-0.2, -0.15) is 0 Å². The van der Waals surface area contributed by atoms with E-state index in [9.17, 15) is 4.79 Å². The number of methoxy groups -OCH3 is 2. The molecule has 1 saturated heterocycles. The second-order valence-corrected chi connectivity index (χ2v) is 6.77. The van der Waals surface area contributed by atoms with Gasteiger partial charge in [-0.1, -0.05) is 18.2 Å². The molecule has 0 N–H and O–H groups in total. The molecule has 1 fully saturated rings. The number of ether oxygens (including phenoxy) is 3. The van der Waals surface area contributed by atoms with Crippen LogP contribution in [0.15, 0.2) is 48.5 Å². The van der Waals surface area contributed by atoms with Crippen LogP contribution < -0.4 is 14.2 Å². The Morgan fingerprint density at radius 3 is 2.39 bits per heavy atom. The van der Waals surface area contributed by atoms with Crippen molar-refractivity contribution in [2.45, 2.75) is 25.9 Å². The smallest absolute Gasteiger partial charge is 0.246 e. The summed E-state index contributed by atoms with van der Waals surface area (Å²) in [6, 6.07) is 13.4. The van der Waals surface area contributed by atoms with Gasteiger partial charge in [-0.25, -0.2) is 0 Å². The Labute approximate surface area is 166 Å². The summed E-state index contributed by atoms with van der Waals surface area (Å²) < 4.78 is 16.5. The number of carbonyl (C=O) groups excluding carboxylic acids is 1. The Morgan fingerprint density at radius 2 is 1.71 bits per heavy atom. The topological polar surface area (TPSA) is 48.0 Å². The fraction of sp³-hybridized carbons (Fsp3) is 0.348. The highest BCUT2D eigenvalue weighted by Gasteiger charge is 2.13. The zero-order valence-corrected chi connectivity index (χ0v) is 16.5. The van der Waals surface area contributed by atoms with Crippen molar-refractivity contribution in [3.8, 4) is 17.2 Å². The number of amides is 1. The predicted molar refractivity (Wildman–Crippen MR) is 110 cm³/mol. The van der Waals surface area contributed by atoms with Crippen LogP contribution >= 0.6 is 0 Å². The molecule has 5 heteroatoms. The van der Waals surface area contributed by atoms with Gasteiger partial charge in [-0.05, 0) is 60.7 Å². The van der Waals surface area contributed by atoms with Crippen LogP contribution in [0, 0.1) is 0 Å². The molecule has 5 nitrogen and oxygen atoms in total. The maximum absolute atomic E-state index is 12.3. The molecule has 28 heavy (non-hydrogen) atoms. The summed E-state index contributed by atoms with van der Waals surface area (Å²) in [4.78, 5) is 14.2. The fourth-order valence-electron chi connectivity index (χ4n) is 3.18. The Hall–Kier alpha value is -2.95. The molecule has 0 bridgehead atoms. The first kappa shape index (κ1) is 19.8. The Kier molecular flexibility index (Phi) is 6.95. The zero-order chi connectivity index (χ0) is 19.8. The van der Waals surface area contributed by atoms with Gasteiger partial charge in [0.2, 0.25) is 5.91 Å². The SMILES string of the molecule is COc1ccc(COc2ccc(C=CC(=O)N3CCCCC3)cc2OC)cc1. The van der Waals surface area contributed by atoms with Gasteiger partial charge in [0.1, 0.15) is 12.4 Å². The Bertz CT molecular complexity index is 808. The highest BCUT2D eigenvalue weighted by Crippen LogP contribution is 2.29. The first-order valence-corrected chi connectivity index (χ1v) is 9.60. The van der Waals surface area contributed by atoms with Crippen LogP contribution in [0.2, 0.25) is 0 Å². The number of likely N-dealkylation sites (tertiary alicyclic amines) is 1. The van der Waals surface area contributed by atoms with Gasteiger partial charge in [-0.15, -0.1) is 0 Å². The summed E-state index contributed by atoms with van der Waals surface area (Å²) >= 11 is 0. The molecule has 1 aliphatic rings. The van der Waals surface area contributed by atoms with Crippen LogP contribution in [0.5, 0.6) is 17.2 Å². The monoisotopic (exact) mass is 381 g/mol. The lowest BCUT2D eigenvalue weighted by Crippen LogP contribution is -2.34. The molecule has 1 aliphatic heterocycles. The van der Waals surface area contributed by atoms with E-state index in [0.29, 0.717) is 18.1 Å². The molecule has 2 aromatic rings. The maximum Gasteiger partial charge on any atom is 0.246 e. The van der Waals surface area contributed by atoms with Gasteiger partial charge >= 0.3 is 0 Å². The van der Waals surface area contributed by atoms with Crippen molar-refractivity contribution < 1.29 is 19.0 Å². The molecule has 2 aromatic carbocycles. The van der Waals surface area contributed by atoms with E-state index in [1.807, 2.05) is 53.4 Å².